The van der Waals surface area contributed by atoms with Crippen LogP contribution in [-0.4, -0.2) is 24.5 Å². The average molecular weight is 383 g/mol. The minimum Gasteiger partial charge on any atom is -0.497 e. The highest BCUT2D eigenvalue weighted by atomic mass is 19.1. The molecule has 5 nitrogen and oxygen atoms in total. The number of nitrogens with zero attached hydrogens (tertiary/aromatic N) is 1. The van der Waals surface area contributed by atoms with Crippen LogP contribution >= 0.6 is 0 Å². The highest BCUT2D eigenvalue weighted by Gasteiger charge is 2.11. The molecule has 1 aromatic heterocycles. The molecule has 0 aliphatic rings. The molecule has 1 heterocycles. The van der Waals surface area contributed by atoms with Gasteiger partial charge in [0.25, 0.3) is 5.91 Å². The van der Waals surface area contributed by atoms with Crippen LogP contribution in [0.4, 0.5) is 20.2 Å². The number of aromatic nitrogens is 1. The van der Waals surface area contributed by atoms with Crippen molar-refractivity contribution >= 4 is 17.3 Å². The molecule has 3 rings (SSSR count). The average Bonchev–Trinajstić information content (AvgIpc) is 2.71. The van der Waals surface area contributed by atoms with E-state index in [9.17, 15) is 13.6 Å². The maximum absolute atomic E-state index is 13.6. The van der Waals surface area contributed by atoms with E-state index in [-0.39, 0.29) is 11.4 Å². The normalized spacial score (nSPS) is 10.4. The number of ether oxygens (including phenoxy) is 1. The zero-order valence-electron chi connectivity index (χ0n) is 15.2. The van der Waals surface area contributed by atoms with Gasteiger partial charge in [0.1, 0.15) is 23.1 Å². The first kappa shape index (κ1) is 19.3. The number of carbonyl (C=O) groups excluding carboxylic acids is 1. The van der Waals surface area contributed by atoms with Crippen molar-refractivity contribution in [1.29, 1.82) is 0 Å². The fourth-order valence-electron chi connectivity index (χ4n) is 2.59. The molecule has 0 aliphatic heterocycles. The zero-order chi connectivity index (χ0) is 19.9. The monoisotopic (exact) mass is 383 g/mol. The van der Waals surface area contributed by atoms with Crippen LogP contribution in [0.25, 0.3) is 0 Å². The van der Waals surface area contributed by atoms with Crippen molar-refractivity contribution < 1.29 is 18.3 Å². The highest BCUT2D eigenvalue weighted by molar-refractivity contribution is 6.03. The van der Waals surface area contributed by atoms with E-state index in [1.54, 1.807) is 13.2 Å². The first-order chi connectivity index (χ1) is 13.5. The molecule has 0 aliphatic carbocycles. The molecule has 0 atom stereocenters. The fourth-order valence-corrected chi connectivity index (χ4v) is 2.59. The molecular weight excluding hydrogens is 364 g/mol. The van der Waals surface area contributed by atoms with Crippen LogP contribution in [-0.2, 0) is 6.42 Å². The molecular formula is C21H19F2N3O2. The summed E-state index contributed by atoms with van der Waals surface area (Å²) in [5.41, 5.74) is 1.92. The SMILES string of the molecule is COc1cccc(CCNc2ccc(C(=O)Nc3ccc(F)cc3F)nc2)c1. The number of hydrogen-bond acceptors (Lipinski definition) is 4. The predicted octanol–water partition coefficient (Wildman–Crippen LogP) is 4.28. The maximum Gasteiger partial charge on any atom is 0.274 e. The van der Waals surface area contributed by atoms with Crippen molar-refractivity contribution in [1.82, 2.24) is 4.98 Å². The summed E-state index contributed by atoms with van der Waals surface area (Å²) in [5.74, 6) is -1.32. The molecule has 0 unspecified atom stereocenters. The number of nitrogens with one attached hydrogen (secondary N) is 2. The number of methoxy groups -OCH3 is 1. The quantitative estimate of drug-likeness (QED) is 0.639. The third kappa shape index (κ3) is 5.03. The second kappa shape index (κ2) is 8.94. The van der Waals surface area contributed by atoms with Crippen molar-refractivity contribution in [3.8, 4) is 5.75 Å². The second-order valence-corrected chi connectivity index (χ2v) is 6.04. The van der Waals surface area contributed by atoms with Gasteiger partial charge in [0.2, 0.25) is 0 Å². The minimum absolute atomic E-state index is 0.103. The number of hydrogen-bond donors (Lipinski definition) is 2. The highest BCUT2D eigenvalue weighted by Crippen LogP contribution is 2.17. The van der Waals surface area contributed by atoms with Gasteiger partial charge < -0.3 is 15.4 Å². The van der Waals surface area contributed by atoms with E-state index in [0.717, 1.165) is 35.6 Å². The molecule has 2 aromatic carbocycles. The van der Waals surface area contributed by atoms with E-state index in [0.29, 0.717) is 12.6 Å². The Hall–Kier alpha value is -3.48. The van der Waals surface area contributed by atoms with Gasteiger partial charge in [-0.25, -0.2) is 13.8 Å². The largest absolute Gasteiger partial charge is 0.497 e. The maximum atomic E-state index is 13.6. The van der Waals surface area contributed by atoms with Crippen LogP contribution in [0.5, 0.6) is 5.75 Å². The molecule has 0 radical (unpaired) electrons. The lowest BCUT2D eigenvalue weighted by atomic mass is 10.1. The number of carbonyl (C=O) groups is 1. The van der Waals surface area contributed by atoms with Gasteiger partial charge in [-0.3, -0.25) is 4.79 Å². The Morgan fingerprint density at radius 1 is 1.11 bits per heavy atom. The molecule has 144 valence electrons. The van der Waals surface area contributed by atoms with Crippen LogP contribution in [0.15, 0.2) is 60.8 Å². The van der Waals surface area contributed by atoms with Gasteiger partial charge in [0, 0.05) is 12.6 Å². The lowest BCUT2D eigenvalue weighted by Gasteiger charge is -2.09. The van der Waals surface area contributed by atoms with Gasteiger partial charge in [-0.2, -0.15) is 0 Å². The number of halogens is 2. The van der Waals surface area contributed by atoms with E-state index in [1.807, 2.05) is 24.3 Å². The Morgan fingerprint density at radius 3 is 2.68 bits per heavy atom. The summed E-state index contributed by atoms with van der Waals surface area (Å²) in [4.78, 5) is 16.2. The van der Waals surface area contributed by atoms with Crippen LogP contribution in [0, 0.1) is 11.6 Å². The van der Waals surface area contributed by atoms with Gasteiger partial charge in [-0.15, -0.1) is 0 Å². The van der Waals surface area contributed by atoms with Crippen molar-refractivity contribution in [2.24, 2.45) is 0 Å². The molecule has 0 bridgehead atoms. The standard InChI is InChI=1S/C21H19F2N3O2/c1-28-17-4-2-3-14(11-17)9-10-24-16-6-8-20(25-13-16)21(27)26-19-7-5-15(22)12-18(19)23/h2-8,11-13,24H,9-10H2,1H3,(H,26,27). The Morgan fingerprint density at radius 2 is 1.96 bits per heavy atom. The molecule has 0 fully saturated rings. The van der Waals surface area contributed by atoms with Gasteiger partial charge in [-0.1, -0.05) is 12.1 Å². The predicted molar refractivity (Wildman–Crippen MR) is 104 cm³/mol. The van der Waals surface area contributed by atoms with Gasteiger partial charge >= 0.3 is 0 Å². The Balaban J connectivity index is 1.54. The Kier molecular flexibility index (Phi) is 6.16. The lowest BCUT2D eigenvalue weighted by molar-refractivity contribution is 0.102. The van der Waals surface area contributed by atoms with Crippen LogP contribution < -0.4 is 15.4 Å². The van der Waals surface area contributed by atoms with Crippen molar-refractivity contribution in [2.45, 2.75) is 6.42 Å². The smallest absolute Gasteiger partial charge is 0.274 e. The first-order valence-electron chi connectivity index (χ1n) is 8.64. The molecule has 2 N–H and O–H groups in total. The van der Waals surface area contributed by atoms with E-state index in [2.05, 4.69) is 15.6 Å². The summed E-state index contributed by atoms with van der Waals surface area (Å²) in [6.45, 7) is 0.682. The fraction of sp³-hybridized carbons (Fsp3) is 0.143. The van der Waals surface area contributed by atoms with E-state index < -0.39 is 17.5 Å². The van der Waals surface area contributed by atoms with E-state index >= 15 is 0 Å². The van der Waals surface area contributed by atoms with Crippen LogP contribution in [0.3, 0.4) is 0 Å². The lowest BCUT2D eigenvalue weighted by Crippen LogP contribution is -2.15. The van der Waals surface area contributed by atoms with Crippen molar-refractivity contribution in [3.05, 3.63) is 83.7 Å². The number of amides is 1. The molecule has 28 heavy (non-hydrogen) atoms. The minimum atomic E-state index is -0.843. The third-order valence-corrected chi connectivity index (χ3v) is 4.05. The summed E-state index contributed by atoms with van der Waals surface area (Å²) in [7, 11) is 1.63. The number of pyridine rings is 1. The first-order valence-corrected chi connectivity index (χ1v) is 8.64. The van der Waals surface area contributed by atoms with Gasteiger partial charge in [0.15, 0.2) is 0 Å². The summed E-state index contributed by atoms with van der Waals surface area (Å²) >= 11 is 0. The third-order valence-electron chi connectivity index (χ3n) is 4.05. The summed E-state index contributed by atoms with van der Waals surface area (Å²) in [6, 6.07) is 14.0. The van der Waals surface area contributed by atoms with E-state index in [1.165, 1.54) is 12.3 Å². The number of rotatable bonds is 7. The second-order valence-electron chi connectivity index (χ2n) is 6.04. The van der Waals surface area contributed by atoms with Gasteiger partial charge in [-0.05, 0) is 48.4 Å². The summed E-state index contributed by atoms with van der Waals surface area (Å²) < 4.78 is 31.7. The topological polar surface area (TPSA) is 63.2 Å². The van der Waals surface area contributed by atoms with Crippen molar-refractivity contribution in [2.75, 3.05) is 24.3 Å². The molecule has 1 amide bonds. The van der Waals surface area contributed by atoms with Crippen LogP contribution in [0.1, 0.15) is 16.1 Å². The van der Waals surface area contributed by atoms with E-state index in [4.69, 9.17) is 4.74 Å². The zero-order valence-corrected chi connectivity index (χ0v) is 15.2. The molecule has 0 saturated heterocycles. The summed E-state index contributed by atoms with van der Waals surface area (Å²) in [5, 5.41) is 5.60. The molecule has 0 spiro atoms. The number of benzene rings is 2. The molecule has 0 saturated carbocycles. The summed E-state index contributed by atoms with van der Waals surface area (Å²) in [6.07, 6.45) is 2.32. The Labute approximate surface area is 161 Å². The van der Waals surface area contributed by atoms with Crippen LogP contribution in [0.2, 0.25) is 0 Å². The van der Waals surface area contributed by atoms with Gasteiger partial charge in [0.05, 0.1) is 24.7 Å². The molecule has 7 heteroatoms. The molecule has 3 aromatic rings. The Bertz CT molecular complexity index is 962. The van der Waals surface area contributed by atoms with Crippen molar-refractivity contribution in [3.63, 3.8) is 0 Å². The number of anilines is 2.